The summed E-state index contributed by atoms with van der Waals surface area (Å²) in [5.74, 6) is -1.27. The Kier molecular flexibility index (Phi) is 5.15. The second kappa shape index (κ2) is 7.73. The van der Waals surface area contributed by atoms with Gasteiger partial charge in [-0.05, 0) is 58.5 Å². The number of carbonyl (C=O) groups is 3. The lowest BCUT2D eigenvalue weighted by Gasteiger charge is -2.25. The predicted molar refractivity (Wildman–Crippen MR) is 107 cm³/mol. The number of thiophene rings is 1. The first-order valence-electron chi connectivity index (χ1n) is 9.17. The van der Waals surface area contributed by atoms with E-state index < -0.39 is 11.8 Å². The van der Waals surface area contributed by atoms with Gasteiger partial charge in [0, 0.05) is 32.3 Å². The molecular weight excluding hydrogens is 378 g/mol. The van der Waals surface area contributed by atoms with Crippen LogP contribution in [-0.2, 0) is 32.0 Å². The zero-order valence-corrected chi connectivity index (χ0v) is 16.3. The van der Waals surface area contributed by atoms with E-state index in [2.05, 4.69) is 10.6 Å². The van der Waals surface area contributed by atoms with Crippen LogP contribution in [-0.4, -0.2) is 37.9 Å². The van der Waals surface area contributed by atoms with Crippen molar-refractivity contribution < 1.29 is 19.1 Å². The van der Waals surface area contributed by atoms with Crippen molar-refractivity contribution in [3.63, 3.8) is 0 Å². The van der Waals surface area contributed by atoms with Gasteiger partial charge in [0.05, 0.1) is 5.69 Å². The number of hydrogen-bond acceptors (Lipinski definition) is 5. The lowest BCUT2D eigenvalue weighted by molar-refractivity contribution is -0.136. The number of amides is 3. The summed E-state index contributed by atoms with van der Waals surface area (Å²) < 4.78 is 5.38. The number of methoxy groups -OCH3 is 1. The molecule has 3 amide bonds. The van der Waals surface area contributed by atoms with Gasteiger partial charge in [-0.1, -0.05) is 0 Å². The molecule has 1 unspecified atom stereocenters. The van der Waals surface area contributed by atoms with Crippen molar-refractivity contribution in [3.05, 3.63) is 45.6 Å². The molecule has 0 spiro atoms. The summed E-state index contributed by atoms with van der Waals surface area (Å²) >= 11 is 1.55. The fraction of sp³-hybridized carbons (Fsp3) is 0.350. The summed E-state index contributed by atoms with van der Waals surface area (Å²) in [6.45, 7) is 0.895. The molecule has 8 heteroatoms. The van der Waals surface area contributed by atoms with Crippen LogP contribution in [0.25, 0.3) is 0 Å². The van der Waals surface area contributed by atoms with Crippen molar-refractivity contribution in [2.75, 3.05) is 30.4 Å². The Bertz CT molecular complexity index is 926. The van der Waals surface area contributed by atoms with Gasteiger partial charge < -0.3 is 20.3 Å². The highest BCUT2D eigenvalue weighted by Crippen LogP contribution is 2.38. The van der Waals surface area contributed by atoms with Gasteiger partial charge in [-0.3, -0.25) is 14.4 Å². The Morgan fingerprint density at radius 3 is 2.71 bits per heavy atom. The smallest absolute Gasteiger partial charge is 0.313 e. The number of ether oxygens (including phenoxy) is 1. The molecule has 3 heterocycles. The fourth-order valence-electron chi connectivity index (χ4n) is 3.78. The minimum Gasteiger partial charge on any atom is -0.375 e. The standard InChI is InChI=1S/C20H21N3O4S/c1-27-16(14-5-7-28-11-14)10-21-19(25)20(26)22-15-8-12-2-3-17(24)23-6-4-13(9-15)18(12)23/h5,7-9,11,16H,2-4,6,10H2,1H3,(H,21,25)(H,22,26). The minimum absolute atomic E-state index is 0.153. The first kappa shape index (κ1) is 18.6. The van der Waals surface area contributed by atoms with E-state index in [1.54, 1.807) is 18.4 Å². The monoisotopic (exact) mass is 399 g/mol. The number of nitrogens with zero attached hydrogens (tertiary/aromatic N) is 1. The average molecular weight is 399 g/mol. The van der Waals surface area contributed by atoms with Gasteiger partial charge in [-0.2, -0.15) is 11.3 Å². The summed E-state index contributed by atoms with van der Waals surface area (Å²) in [6.07, 6.45) is 1.60. The first-order chi connectivity index (χ1) is 13.6. The van der Waals surface area contributed by atoms with Crippen LogP contribution in [0.1, 0.15) is 29.2 Å². The van der Waals surface area contributed by atoms with Crippen LogP contribution in [0.15, 0.2) is 29.0 Å². The molecule has 0 fully saturated rings. The maximum atomic E-state index is 12.3. The maximum Gasteiger partial charge on any atom is 0.313 e. The predicted octanol–water partition coefficient (Wildman–Crippen LogP) is 2.03. The van der Waals surface area contributed by atoms with Crippen LogP contribution in [0.2, 0.25) is 0 Å². The van der Waals surface area contributed by atoms with E-state index in [9.17, 15) is 14.4 Å². The Morgan fingerprint density at radius 1 is 1.21 bits per heavy atom. The lowest BCUT2D eigenvalue weighted by atomic mass is 9.98. The molecule has 0 radical (unpaired) electrons. The molecule has 0 bridgehead atoms. The molecule has 1 atom stereocenters. The van der Waals surface area contributed by atoms with Crippen LogP contribution in [0.3, 0.4) is 0 Å². The van der Waals surface area contributed by atoms with Gasteiger partial charge in [0.25, 0.3) is 0 Å². The second-order valence-electron chi connectivity index (χ2n) is 6.88. The molecule has 2 aromatic rings. The number of benzene rings is 1. The molecule has 2 aliphatic heterocycles. The van der Waals surface area contributed by atoms with Crippen molar-refractivity contribution in [3.8, 4) is 0 Å². The van der Waals surface area contributed by atoms with Crippen LogP contribution in [0, 0.1) is 0 Å². The van der Waals surface area contributed by atoms with Crippen molar-refractivity contribution in [2.45, 2.75) is 25.4 Å². The molecule has 0 saturated heterocycles. The highest BCUT2D eigenvalue weighted by Gasteiger charge is 2.31. The third-order valence-corrected chi connectivity index (χ3v) is 5.86. The minimum atomic E-state index is -0.714. The van der Waals surface area contributed by atoms with E-state index in [4.69, 9.17) is 4.74 Å². The molecule has 7 nitrogen and oxygen atoms in total. The fourth-order valence-corrected chi connectivity index (χ4v) is 4.48. The van der Waals surface area contributed by atoms with Gasteiger partial charge in [0.2, 0.25) is 5.91 Å². The average Bonchev–Trinajstić information content (AvgIpc) is 3.36. The Morgan fingerprint density at radius 2 is 2.00 bits per heavy atom. The molecule has 146 valence electrons. The summed E-state index contributed by atoms with van der Waals surface area (Å²) in [5.41, 5.74) is 4.62. The number of rotatable bonds is 5. The zero-order chi connectivity index (χ0) is 19.7. The molecular formula is C20H21N3O4S. The SMILES string of the molecule is COC(CNC(=O)C(=O)Nc1cc2c3c(c1)CCN3C(=O)CC2)c1ccsc1. The number of hydrogen-bond donors (Lipinski definition) is 2. The third-order valence-electron chi connectivity index (χ3n) is 5.16. The summed E-state index contributed by atoms with van der Waals surface area (Å²) in [7, 11) is 1.57. The van der Waals surface area contributed by atoms with Gasteiger partial charge in [0.15, 0.2) is 0 Å². The highest BCUT2D eigenvalue weighted by atomic mass is 32.1. The molecule has 1 aromatic carbocycles. The highest BCUT2D eigenvalue weighted by molar-refractivity contribution is 7.07. The van der Waals surface area contributed by atoms with Gasteiger partial charge in [0.1, 0.15) is 6.10 Å². The maximum absolute atomic E-state index is 12.3. The topological polar surface area (TPSA) is 87.7 Å². The number of anilines is 2. The summed E-state index contributed by atoms with van der Waals surface area (Å²) in [5, 5.41) is 9.19. The molecule has 0 saturated carbocycles. The Labute approximate surface area is 166 Å². The van der Waals surface area contributed by atoms with Crippen molar-refractivity contribution >= 4 is 40.4 Å². The van der Waals surface area contributed by atoms with Crippen LogP contribution in [0.5, 0.6) is 0 Å². The van der Waals surface area contributed by atoms with E-state index in [-0.39, 0.29) is 18.6 Å². The van der Waals surface area contributed by atoms with Gasteiger partial charge in [-0.15, -0.1) is 0 Å². The van der Waals surface area contributed by atoms with Crippen LogP contribution < -0.4 is 15.5 Å². The van der Waals surface area contributed by atoms with E-state index in [1.165, 1.54) is 0 Å². The third kappa shape index (κ3) is 3.53. The van der Waals surface area contributed by atoms with Crippen molar-refractivity contribution in [2.24, 2.45) is 0 Å². The van der Waals surface area contributed by atoms with Gasteiger partial charge >= 0.3 is 11.8 Å². The second-order valence-corrected chi connectivity index (χ2v) is 7.66. The molecule has 2 N–H and O–H groups in total. The summed E-state index contributed by atoms with van der Waals surface area (Å²) in [6, 6.07) is 5.64. The largest absolute Gasteiger partial charge is 0.375 e. The van der Waals surface area contributed by atoms with E-state index >= 15 is 0 Å². The number of aryl methyl sites for hydroxylation is 1. The number of carbonyl (C=O) groups excluding carboxylic acids is 3. The lowest BCUT2D eigenvalue weighted by Crippen LogP contribution is -2.38. The van der Waals surface area contributed by atoms with E-state index in [0.717, 1.165) is 28.8 Å². The van der Waals surface area contributed by atoms with Gasteiger partial charge in [-0.25, -0.2) is 0 Å². The zero-order valence-electron chi connectivity index (χ0n) is 15.5. The van der Waals surface area contributed by atoms with E-state index in [1.807, 2.05) is 33.9 Å². The normalized spacial score (nSPS) is 15.9. The Hall–Kier alpha value is -2.71. The molecule has 1 aromatic heterocycles. The van der Waals surface area contributed by atoms with E-state index in [0.29, 0.717) is 25.1 Å². The molecule has 0 aliphatic carbocycles. The quantitative estimate of drug-likeness (QED) is 0.753. The first-order valence-corrected chi connectivity index (χ1v) is 10.1. The summed E-state index contributed by atoms with van der Waals surface area (Å²) in [4.78, 5) is 38.3. The molecule has 28 heavy (non-hydrogen) atoms. The molecule has 2 aliphatic rings. The van der Waals surface area contributed by atoms with Crippen molar-refractivity contribution in [1.82, 2.24) is 5.32 Å². The van der Waals surface area contributed by atoms with Crippen molar-refractivity contribution in [1.29, 1.82) is 0 Å². The van der Waals surface area contributed by atoms with Crippen LogP contribution in [0.4, 0.5) is 11.4 Å². The molecule has 4 rings (SSSR count). The van der Waals surface area contributed by atoms with Crippen LogP contribution >= 0.6 is 11.3 Å². The number of nitrogens with one attached hydrogen (secondary N) is 2. The Balaban J connectivity index is 1.40.